The van der Waals surface area contributed by atoms with E-state index in [1.165, 1.54) is 18.6 Å². The van der Waals surface area contributed by atoms with Crippen LogP contribution in [0.15, 0.2) is 28.2 Å². The highest BCUT2D eigenvalue weighted by molar-refractivity contribution is 7.53. The average molecular weight is 342 g/mol. The van der Waals surface area contributed by atoms with Gasteiger partial charge in [-0.1, -0.05) is 0 Å². The minimum atomic E-state index is -4.49. The first kappa shape index (κ1) is 16.4. The highest BCUT2D eigenvalue weighted by Crippen LogP contribution is 2.33. The van der Waals surface area contributed by atoms with Gasteiger partial charge < -0.3 is 25.5 Å². The second-order valence-electron chi connectivity index (χ2n) is 3.99. The summed E-state index contributed by atoms with van der Waals surface area (Å²) in [5.41, 5.74) is 4.38. The van der Waals surface area contributed by atoms with Crippen molar-refractivity contribution in [3.05, 3.63) is 39.4 Å². The van der Waals surface area contributed by atoms with Gasteiger partial charge in [0, 0.05) is 6.20 Å². The van der Waals surface area contributed by atoms with Gasteiger partial charge in [-0.05, 0) is 6.07 Å². The van der Waals surface area contributed by atoms with E-state index in [-0.39, 0.29) is 22.9 Å². The first-order valence-corrected chi connectivity index (χ1v) is 7.44. The number of hydrogen-bond donors (Lipinski definition) is 7. The first-order chi connectivity index (χ1) is 10.7. The van der Waals surface area contributed by atoms with Gasteiger partial charge in [0.1, 0.15) is 5.82 Å². The highest BCUT2D eigenvalue weighted by Gasteiger charge is 2.15. The Balaban J connectivity index is 0.000000203. The summed E-state index contributed by atoms with van der Waals surface area (Å²) in [7, 11) is -4.49. The third kappa shape index (κ3) is 4.74. The van der Waals surface area contributed by atoms with Gasteiger partial charge in [0.05, 0.1) is 6.33 Å². The fourth-order valence-corrected chi connectivity index (χ4v) is 1.80. The minimum absolute atomic E-state index is 0.0784. The zero-order valence-electron chi connectivity index (χ0n) is 11.2. The van der Waals surface area contributed by atoms with Crippen molar-refractivity contribution in [2.24, 2.45) is 0 Å². The van der Waals surface area contributed by atoms with Crippen molar-refractivity contribution in [3.63, 3.8) is 0 Å². The molecule has 0 aliphatic rings. The smallest absolute Gasteiger partial charge is 0.383 e. The van der Waals surface area contributed by atoms with Crippen LogP contribution in [0.5, 0.6) is 0 Å². The van der Waals surface area contributed by atoms with Gasteiger partial charge >= 0.3 is 13.4 Å². The van der Waals surface area contributed by atoms with Crippen molar-refractivity contribution in [1.29, 1.82) is 0 Å². The quantitative estimate of drug-likeness (QED) is 0.267. The molecule has 23 heavy (non-hydrogen) atoms. The molecule has 0 aromatic carbocycles. The van der Waals surface area contributed by atoms with Crippen LogP contribution in [-0.2, 0) is 4.57 Å². The summed E-state index contributed by atoms with van der Waals surface area (Å²) in [6.45, 7) is 0. The molecule has 0 spiro atoms. The van der Waals surface area contributed by atoms with Crippen molar-refractivity contribution in [2.75, 3.05) is 10.8 Å². The zero-order valence-corrected chi connectivity index (χ0v) is 12.1. The summed E-state index contributed by atoms with van der Waals surface area (Å²) in [5, 5.41) is 1.75. The summed E-state index contributed by atoms with van der Waals surface area (Å²) in [6.07, 6.45) is 2.71. The largest absolute Gasteiger partial charge is 0.429 e. The SMILES string of the molecule is Nc1cc[nH]c(=O)n1.O=c1[nH]c(NP(=O)(O)O)nc2nc[nH]c12. The van der Waals surface area contributed by atoms with Crippen molar-refractivity contribution in [3.8, 4) is 0 Å². The van der Waals surface area contributed by atoms with Crippen LogP contribution >= 0.6 is 7.75 Å². The van der Waals surface area contributed by atoms with Crippen LogP contribution < -0.4 is 22.1 Å². The standard InChI is InChI=1S/C5H6N5O4P.C4H5N3O/c11-4-2-3(7-1-6-2)8-5(9-4)10-15(12,13)14;5-3-1-2-6-4(8)7-3/h1H,(H5,6,7,8,9,10,11,12,13,14);1-2H,(H3,5,6,7,8). The van der Waals surface area contributed by atoms with E-state index in [1.54, 1.807) is 5.09 Å². The van der Waals surface area contributed by atoms with Crippen LogP contribution in [-0.4, -0.2) is 39.7 Å². The maximum atomic E-state index is 11.3. The number of anilines is 2. The summed E-state index contributed by atoms with van der Waals surface area (Å²) < 4.78 is 10.6. The van der Waals surface area contributed by atoms with E-state index in [2.05, 4.69) is 29.9 Å². The Kier molecular flexibility index (Phi) is 4.55. The fourth-order valence-electron chi connectivity index (χ4n) is 1.42. The Morgan fingerprint density at radius 1 is 1.22 bits per heavy atom. The normalized spacial score (nSPS) is 10.9. The van der Waals surface area contributed by atoms with Crippen LogP contribution in [0.3, 0.4) is 0 Å². The number of nitrogens with zero attached hydrogens (tertiary/aromatic N) is 3. The van der Waals surface area contributed by atoms with Gasteiger partial charge in [0.2, 0.25) is 5.95 Å². The summed E-state index contributed by atoms with van der Waals surface area (Å²) >= 11 is 0. The predicted molar refractivity (Wildman–Crippen MR) is 79.4 cm³/mol. The molecule has 0 aliphatic heterocycles. The molecule has 0 unspecified atom stereocenters. The zero-order chi connectivity index (χ0) is 17.0. The number of imidazole rings is 1. The van der Waals surface area contributed by atoms with Crippen molar-refractivity contribution in [1.82, 2.24) is 29.9 Å². The van der Waals surface area contributed by atoms with Crippen LogP contribution in [0.25, 0.3) is 11.2 Å². The van der Waals surface area contributed by atoms with Gasteiger partial charge in [-0.3, -0.25) is 14.9 Å². The summed E-state index contributed by atoms with van der Waals surface area (Å²) in [5.74, 6) is -0.0818. The lowest BCUT2D eigenvalue weighted by atomic mass is 10.5. The number of nitrogens with two attached hydrogens (primary N) is 1. The Hall–Kier alpha value is -3.02. The number of rotatable bonds is 2. The number of nitrogen functional groups attached to an aromatic ring is 1. The lowest BCUT2D eigenvalue weighted by Crippen LogP contribution is -2.11. The molecule has 0 aliphatic carbocycles. The van der Waals surface area contributed by atoms with Gasteiger partial charge in [-0.2, -0.15) is 9.97 Å². The number of H-pyrrole nitrogens is 3. The molecule has 8 N–H and O–H groups in total. The summed E-state index contributed by atoms with van der Waals surface area (Å²) in [6, 6.07) is 1.52. The van der Waals surface area contributed by atoms with E-state index in [0.29, 0.717) is 0 Å². The van der Waals surface area contributed by atoms with Gasteiger partial charge in [0.25, 0.3) is 5.56 Å². The number of hydrogen-bond acceptors (Lipinski definition) is 7. The monoisotopic (exact) mass is 342 g/mol. The van der Waals surface area contributed by atoms with Crippen LogP contribution in [0.4, 0.5) is 11.8 Å². The number of fused-ring (bicyclic) bond motifs is 1. The van der Waals surface area contributed by atoms with Crippen LogP contribution in [0.1, 0.15) is 0 Å². The second kappa shape index (κ2) is 6.39. The lowest BCUT2D eigenvalue weighted by Gasteiger charge is -2.05. The molecule has 0 amide bonds. The Labute approximate surface area is 126 Å². The third-order valence-electron chi connectivity index (χ3n) is 2.24. The van der Waals surface area contributed by atoms with Gasteiger partial charge in [-0.15, -0.1) is 0 Å². The van der Waals surface area contributed by atoms with E-state index in [4.69, 9.17) is 15.5 Å². The Bertz CT molecular complexity index is 971. The molecular weight excluding hydrogens is 331 g/mol. The molecule has 0 bridgehead atoms. The van der Waals surface area contributed by atoms with Crippen LogP contribution in [0, 0.1) is 0 Å². The van der Waals surface area contributed by atoms with E-state index >= 15 is 0 Å². The molecule has 14 heteroatoms. The molecule has 3 aromatic rings. The molecule has 0 saturated heterocycles. The maximum absolute atomic E-state index is 11.3. The van der Waals surface area contributed by atoms with E-state index in [9.17, 15) is 14.2 Å². The fraction of sp³-hybridized carbons (Fsp3) is 0. The number of nitrogens with one attached hydrogen (secondary N) is 4. The predicted octanol–water partition coefficient (Wildman–Crippen LogP) is -1.50. The topological polar surface area (TPSA) is 216 Å². The van der Waals surface area contributed by atoms with E-state index in [1.807, 2.05) is 0 Å². The molecular formula is C9H11N8O5P. The first-order valence-electron chi connectivity index (χ1n) is 5.83. The molecule has 0 radical (unpaired) electrons. The maximum Gasteiger partial charge on any atom is 0.429 e. The minimum Gasteiger partial charge on any atom is -0.383 e. The van der Waals surface area contributed by atoms with E-state index < -0.39 is 19.0 Å². The molecule has 0 atom stereocenters. The molecule has 3 rings (SSSR count). The highest BCUT2D eigenvalue weighted by atomic mass is 31.2. The van der Waals surface area contributed by atoms with Crippen LogP contribution in [0.2, 0.25) is 0 Å². The van der Waals surface area contributed by atoms with Crippen molar-refractivity contribution in [2.45, 2.75) is 0 Å². The number of aromatic amines is 3. The number of aromatic nitrogens is 6. The third-order valence-corrected chi connectivity index (χ3v) is 2.74. The van der Waals surface area contributed by atoms with E-state index in [0.717, 1.165) is 0 Å². The second-order valence-corrected chi connectivity index (χ2v) is 5.30. The van der Waals surface area contributed by atoms with Gasteiger partial charge in [0.15, 0.2) is 11.2 Å². The Morgan fingerprint density at radius 3 is 2.52 bits per heavy atom. The Morgan fingerprint density at radius 2 is 1.96 bits per heavy atom. The molecule has 3 heterocycles. The molecule has 13 nitrogen and oxygen atoms in total. The van der Waals surface area contributed by atoms with Crippen molar-refractivity contribution >= 4 is 30.7 Å². The average Bonchev–Trinajstić information content (AvgIpc) is 2.85. The van der Waals surface area contributed by atoms with Gasteiger partial charge in [-0.25, -0.2) is 14.3 Å². The van der Waals surface area contributed by atoms with Crippen molar-refractivity contribution < 1.29 is 14.4 Å². The lowest BCUT2D eigenvalue weighted by molar-refractivity contribution is 0.380. The molecule has 0 saturated carbocycles. The molecule has 122 valence electrons. The molecule has 3 aromatic heterocycles. The molecule has 0 fully saturated rings. The summed E-state index contributed by atoms with van der Waals surface area (Å²) in [4.78, 5) is 56.4.